The zero-order valence-electron chi connectivity index (χ0n) is 17.0. The minimum atomic E-state index is 0. The van der Waals surface area contributed by atoms with Crippen LogP contribution >= 0.6 is 24.0 Å². The summed E-state index contributed by atoms with van der Waals surface area (Å²) in [4.78, 5) is 9.48. The van der Waals surface area contributed by atoms with E-state index >= 15 is 0 Å². The van der Waals surface area contributed by atoms with E-state index < -0.39 is 0 Å². The average Bonchev–Trinajstić information content (AvgIpc) is 2.62. The molecule has 156 valence electrons. The number of likely N-dealkylation sites (N-methyl/N-ethyl adjacent to an activating group) is 1. The largest absolute Gasteiger partial charge is 0.385 e. The fourth-order valence-electron chi connectivity index (χ4n) is 2.76. The molecule has 1 heterocycles. The van der Waals surface area contributed by atoms with Gasteiger partial charge in [-0.1, -0.05) is 0 Å². The third-order valence-corrected chi connectivity index (χ3v) is 4.27. The maximum Gasteiger partial charge on any atom is 0.191 e. The number of halogens is 1. The molecule has 1 fully saturated rings. The van der Waals surface area contributed by atoms with E-state index in [9.17, 15) is 0 Å². The van der Waals surface area contributed by atoms with Gasteiger partial charge in [0, 0.05) is 59.5 Å². The van der Waals surface area contributed by atoms with Crippen LogP contribution in [0.1, 0.15) is 26.2 Å². The second kappa shape index (κ2) is 18.2. The first-order chi connectivity index (χ1) is 12.3. The lowest BCUT2D eigenvalue weighted by Crippen LogP contribution is -2.41. The molecule has 1 aliphatic rings. The predicted octanol–water partition coefficient (Wildman–Crippen LogP) is 1.24. The molecule has 1 rings (SSSR count). The Labute approximate surface area is 177 Å². The maximum atomic E-state index is 5.38. The van der Waals surface area contributed by atoms with Crippen molar-refractivity contribution in [3.05, 3.63) is 0 Å². The normalized spacial score (nSPS) is 15.8. The van der Waals surface area contributed by atoms with Crippen molar-refractivity contribution >= 4 is 29.9 Å². The first-order valence-electron chi connectivity index (χ1n) is 9.76. The molecule has 26 heavy (non-hydrogen) atoms. The smallest absolute Gasteiger partial charge is 0.191 e. The summed E-state index contributed by atoms with van der Waals surface area (Å²) >= 11 is 0. The molecule has 0 spiro atoms. The van der Waals surface area contributed by atoms with Crippen LogP contribution < -0.4 is 10.6 Å². The second-order valence-electron chi connectivity index (χ2n) is 6.50. The van der Waals surface area contributed by atoms with E-state index in [4.69, 9.17) is 9.47 Å². The maximum absolute atomic E-state index is 5.38. The number of hydrogen-bond acceptors (Lipinski definition) is 5. The average molecular weight is 485 g/mol. The number of nitrogens with one attached hydrogen (secondary N) is 2. The number of ether oxygens (including phenoxy) is 2. The van der Waals surface area contributed by atoms with Gasteiger partial charge in [0.05, 0.1) is 13.2 Å². The summed E-state index contributed by atoms with van der Waals surface area (Å²) in [6, 6.07) is 0. The number of guanidine groups is 1. The van der Waals surface area contributed by atoms with E-state index in [1.54, 1.807) is 7.11 Å². The molecule has 0 aliphatic carbocycles. The van der Waals surface area contributed by atoms with Crippen LogP contribution in [0.4, 0.5) is 0 Å². The highest BCUT2D eigenvalue weighted by molar-refractivity contribution is 14.0. The molecule has 1 saturated heterocycles. The lowest BCUT2D eigenvalue weighted by molar-refractivity contribution is 0.0373. The molecule has 2 N–H and O–H groups in total. The van der Waals surface area contributed by atoms with Crippen LogP contribution in [0.2, 0.25) is 0 Å². The molecule has 0 bridgehead atoms. The van der Waals surface area contributed by atoms with Crippen molar-refractivity contribution in [2.24, 2.45) is 4.99 Å². The Bertz CT molecular complexity index is 342. The fraction of sp³-hybridized carbons (Fsp3) is 0.944. The van der Waals surface area contributed by atoms with Gasteiger partial charge >= 0.3 is 0 Å². The Hall–Kier alpha value is -0.160. The number of aliphatic imine (C=N–C) groups is 1. The van der Waals surface area contributed by atoms with Crippen molar-refractivity contribution in [1.82, 2.24) is 20.4 Å². The number of methoxy groups -OCH3 is 1. The van der Waals surface area contributed by atoms with Crippen LogP contribution in [0.15, 0.2) is 4.99 Å². The van der Waals surface area contributed by atoms with Crippen LogP contribution in [0, 0.1) is 0 Å². The summed E-state index contributed by atoms with van der Waals surface area (Å²) in [5.41, 5.74) is 0. The minimum Gasteiger partial charge on any atom is -0.385 e. The highest BCUT2D eigenvalue weighted by Crippen LogP contribution is 2.00. The molecule has 0 saturated carbocycles. The van der Waals surface area contributed by atoms with E-state index in [0.29, 0.717) is 0 Å². The number of nitrogens with zero attached hydrogens (tertiary/aromatic N) is 3. The molecule has 1 aliphatic heterocycles. The van der Waals surface area contributed by atoms with Crippen LogP contribution in [-0.4, -0.2) is 102 Å². The molecular weight excluding hydrogens is 445 g/mol. The van der Waals surface area contributed by atoms with Gasteiger partial charge in [0.1, 0.15) is 0 Å². The predicted molar refractivity (Wildman–Crippen MR) is 120 cm³/mol. The molecule has 7 nitrogen and oxygen atoms in total. The summed E-state index contributed by atoms with van der Waals surface area (Å²) in [6.45, 7) is 12.7. The van der Waals surface area contributed by atoms with Crippen LogP contribution in [-0.2, 0) is 9.47 Å². The summed E-state index contributed by atoms with van der Waals surface area (Å²) in [6.07, 6.45) is 3.40. The van der Waals surface area contributed by atoms with Gasteiger partial charge in [-0.25, -0.2) is 0 Å². The monoisotopic (exact) mass is 485 g/mol. The summed E-state index contributed by atoms with van der Waals surface area (Å²) in [7, 11) is 3.90. The topological polar surface area (TPSA) is 61.4 Å². The lowest BCUT2D eigenvalue weighted by Gasteiger charge is -2.26. The van der Waals surface area contributed by atoms with E-state index in [0.717, 1.165) is 91.0 Å². The molecule has 0 atom stereocenters. The number of rotatable bonds is 13. The van der Waals surface area contributed by atoms with Gasteiger partial charge in [0.15, 0.2) is 5.96 Å². The number of hydrogen-bond donors (Lipinski definition) is 2. The third-order valence-electron chi connectivity index (χ3n) is 4.27. The van der Waals surface area contributed by atoms with Crippen molar-refractivity contribution in [2.45, 2.75) is 26.2 Å². The van der Waals surface area contributed by atoms with Crippen molar-refractivity contribution in [2.75, 3.05) is 86.3 Å². The SMILES string of the molecule is CCNC(=NCCCCN1CCOCC1)NCCN(C)CCCOC.I. The molecule has 0 aromatic heterocycles. The Morgan fingerprint density at radius 3 is 2.62 bits per heavy atom. The van der Waals surface area contributed by atoms with Gasteiger partial charge in [-0.3, -0.25) is 9.89 Å². The summed E-state index contributed by atoms with van der Waals surface area (Å²) in [5.74, 6) is 0.930. The second-order valence-corrected chi connectivity index (χ2v) is 6.50. The van der Waals surface area contributed by atoms with E-state index in [-0.39, 0.29) is 24.0 Å². The quantitative estimate of drug-likeness (QED) is 0.177. The van der Waals surface area contributed by atoms with Gasteiger partial charge in [0.25, 0.3) is 0 Å². The van der Waals surface area contributed by atoms with Crippen LogP contribution in [0.5, 0.6) is 0 Å². The fourth-order valence-corrected chi connectivity index (χ4v) is 2.76. The van der Waals surface area contributed by atoms with Crippen molar-refractivity contribution in [3.63, 3.8) is 0 Å². The van der Waals surface area contributed by atoms with Gasteiger partial charge < -0.3 is 25.0 Å². The molecule has 0 aromatic carbocycles. The van der Waals surface area contributed by atoms with Crippen molar-refractivity contribution in [3.8, 4) is 0 Å². The number of morpholine rings is 1. The molecule has 0 aromatic rings. The zero-order valence-corrected chi connectivity index (χ0v) is 19.3. The highest BCUT2D eigenvalue weighted by Gasteiger charge is 2.08. The van der Waals surface area contributed by atoms with E-state index in [2.05, 4.69) is 39.4 Å². The van der Waals surface area contributed by atoms with Crippen LogP contribution in [0.25, 0.3) is 0 Å². The Kier molecular flexibility index (Phi) is 18.1. The van der Waals surface area contributed by atoms with Gasteiger partial charge in [-0.2, -0.15) is 0 Å². The summed E-state index contributed by atoms with van der Waals surface area (Å²) in [5, 5.41) is 6.74. The number of unbranched alkanes of at least 4 members (excludes halogenated alkanes) is 1. The lowest BCUT2D eigenvalue weighted by atomic mass is 10.3. The van der Waals surface area contributed by atoms with Crippen molar-refractivity contribution < 1.29 is 9.47 Å². The van der Waals surface area contributed by atoms with E-state index in [1.165, 1.54) is 6.42 Å². The van der Waals surface area contributed by atoms with Crippen LogP contribution in [0.3, 0.4) is 0 Å². The third kappa shape index (κ3) is 14.0. The molecular formula is C18H40IN5O2. The zero-order chi connectivity index (χ0) is 18.2. The Morgan fingerprint density at radius 2 is 1.92 bits per heavy atom. The molecule has 0 amide bonds. The molecule has 0 unspecified atom stereocenters. The van der Waals surface area contributed by atoms with Gasteiger partial charge in [-0.15, -0.1) is 24.0 Å². The van der Waals surface area contributed by atoms with Gasteiger partial charge in [-0.05, 0) is 39.8 Å². The summed E-state index contributed by atoms with van der Waals surface area (Å²) < 4.78 is 10.5. The van der Waals surface area contributed by atoms with Gasteiger partial charge in [0.2, 0.25) is 0 Å². The van der Waals surface area contributed by atoms with E-state index in [1.807, 2.05) is 0 Å². The molecule has 0 radical (unpaired) electrons. The first-order valence-corrected chi connectivity index (χ1v) is 9.76. The van der Waals surface area contributed by atoms with Crippen molar-refractivity contribution in [1.29, 1.82) is 0 Å². The highest BCUT2D eigenvalue weighted by atomic mass is 127. The minimum absolute atomic E-state index is 0. The standard InChI is InChI=1S/C18H39N5O2.HI/c1-4-19-18(21-9-12-22(2)10-7-15-24-3)20-8-5-6-11-23-13-16-25-17-14-23;/h4-17H2,1-3H3,(H2,19,20,21);1H. The Balaban J connectivity index is 0.00000625. The molecule has 8 heteroatoms. The first kappa shape index (κ1) is 25.8. The Morgan fingerprint density at radius 1 is 1.15 bits per heavy atom.